The van der Waals surface area contributed by atoms with E-state index in [4.69, 9.17) is 5.73 Å². The van der Waals surface area contributed by atoms with Gasteiger partial charge < -0.3 is 5.73 Å². The van der Waals surface area contributed by atoms with Crippen molar-refractivity contribution in [2.24, 2.45) is 10.7 Å². The smallest absolute Gasteiger partial charge is 0.0524 e. The van der Waals surface area contributed by atoms with Crippen molar-refractivity contribution in [2.75, 3.05) is 0 Å². The van der Waals surface area contributed by atoms with E-state index in [0.717, 1.165) is 0 Å². The van der Waals surface area contributed by atoms with Crippen LogP contribution in [0.4, 0.5) is 0 Å². The van der Waals surface area contributed by atoms with Crippen molar-refractivity contribution in [2.45, 2.75) is 26.3 Å². The van der Waals surface area contributed by atoms with Gasteiger partial charge in [-0.2, -0.15) is 0 Å². The van der Waals surface area contributed by atoms with Crippen LogP contribution >= 0.6 is 12.6 Å². The lowest BCUT2D eigenvalue weighted by Gasteiger charge is -2.10. The molecule has 0 rings (SSSR count). The van der Waals surface area contributed by atoms with Crippen LogP contribution in [0.3, 0.4) is 0 Å². The van der Waals surface area contributed by atoms with Crippen molar-refractivity contribution in [3.63, 3.8) is 0 Å². The summed E-state index contributed by atoms with van der Waals surface area (Å²) in [6.45, 7) is 6.04. The van der Waals surface area contributed by atoms with E-state index in [9.17, 15) is 0 Å². The Morgan fingerprint density at radius 2 is 2.00 bits per heavy atom. The average molecular weight is 158 g/mol. The lowest BCUT2D eigenvalue weighted by Crippen LogP contribution is -2.09. The van der Waals surface area contributed by atoms with Crippen molar-refractivity contribution in [3.8, 4) is 0 Å². The summed E-state index contributed by atoms with van der Waals surface area (Å²) < 4.78 is 0. The van der Waals surface area contributed by atoms with Crippen LogP contribution in [0.2, 0.25) is 0 Å². The molecular formula is C7H14N2S. The Bertz CT molecular complexity index is 153. The number of aliphatic imine (C=N–C) groups is 1. The quantitative estimate of drug-likeness (QED) is 0.441. The molecule has 0 heterocycles. The minimum absolute atomic E-state index is 0.0447. The van der Waals surface area contributed by atoms with Gasteiger partial charge in [-0.3, -0.25) is 4.99 Å². The molecule has 0 saturated carbocycles. The molecule has 0 saturated heterocycles. The van der Waals surface area contributed by atoms with Crippen LogP contribution in [-0.2, 0) is 0 Å². The standard InChI is InChI=1S/C7H14N2S/c1-7(2,3)9-5-6(10)4-8/h4-5,10H,8H2,1-3H3. The molecule has 0 aliphatic rings. The Labute approximate surface area is 67.6 Å². The Morgan fingerprint density at radius 1 is 1.50 bits per heavy atom. The highest BCUT2D eigenvalue weighted by Gasteiger charge is 2.03. The summed E-state index contributed by atoms with van der Waals surface area (Å²) in [5.74, 6) is 0. The monoisotopic (exact) mass is 158 g/mol. The molecule has 58 valence electrons. The second kappa shape index (κ2) is 3.66. The Balaban J connectivity index is 4.01. The molecule has 0 aromatic heterocycles. The molecule has 0 aliphatic carbocycles. The number of thiol groups is 1. The van der Waals surface area contributed by atoms with Crippen molar-refractivity contribution >= 4 is 18.8 Å². The summed E-state index contributed by atoms with van der Waals surface area (Å²) >= 11 is 4.03. The first-order chi connectivity index (χ1) is 4.45. The molecule has 10 heavy (non-hydrogen) atoms. The van der Waals surface area contributed by atoms with E-state index >= 15 is 0 Å². The van der Waals surface area contributed by atoms with E-state index in [2.05, 4.69) is 17.6 Å². The van der Waals surface area contributed by atoms with Gasteiger partial charge in [0, 0.05) is 17.3 Å². The maximum atomic E-state index is 5.17. The van der Waals surface area contributed by atoms with Crippen molar-refractivity contribution < 1.29 is 0 Å². The summed E-state index contributed by atoms with van der Waals surface area (Å²) in [6, 6.07) is 0. The van der Waals surface area contributed by atoms with E-state index in [1.54, 1.807) is 6.21 Å². The van der Waals surface area contributed by atoms with Crippen LogP contribution in [0, 0.1) is 0 Å². The van der Waals surface area contributed by atoms with Crippen LogP contribution in [0.15, 0.2) is 16.1 Å². The lowest BCUT2D eigenvalue weighted by atomic mass is 10.1. The Kier molecular flexibility index (Phi) is 3.50. The largest absolute Gasteiger partial charge is 0.404 e. The molecule has 2 N–H and O–H groups in total. The van der Waals surface area contributed by atoms with Crippen molar-refractivity contribution in [1.29, 1.82) is 0 Å². The second-order valence-corrected chi connectivity index (χ2v) is 3.54. The average Bonchev–Trinajstić information content (AvgIpc) is 1.81. The van der Waals surface area contributed by atoms with Gasteiger partial charge in [-0.05, 0) is 20.8 Å². The van der Waals surface area contributed by atoms with Crippen LogP contribution < -0.4 is 5.73 Å². The molecule has 0 radical (unpaired) electrons. The van der Waals surface area contributed by atoms with Gasteiger partial charge in [0.15, 0.2) is 0 Å². The van der Waals surface area contributed by atoms with E-state index in [1.807, 2.05) is 20.8 Å². The lowest BCUT2D eigenvalue weighted by molar-refractivity contribution is 0.587. The molecule has 0 unspecified atom stereocenters. The first-order valence-electron chi connectivity index (χ1n) is 3.12. The number of nitrogens with two attached hydrogens (primary N) is 1. The maximum Gasteiger partial charge on any atom is 0.0524 e. The van der Waals surface area contributed by atoms with E-state index in [1.165, 1.54) is 6.20 Å². The molecule has 0 atom stereocenters. The fraction of sp³-hybridized carbons (Fsp3) is 0.571. The van der Waals surface area contributed by atoms with Crippen molar-refractivity contribution in [1.82, 2.24) is 0 Å². The Morgan fingerprint density at radius 3 is 2.30 bits per heavy atom. The van der Waals surface area contributed by atoms with E-state index < -0.39 is 0 Å². The van der Waals surface area contributed by atoms with Gasteiger partial charge in [-0.25, -0.2) is 0 Å². The van der Waals surface area contributed by atoms with Gasteiger partial charge in [-0.15, -0.1) is 12.6 Å². The minimum Gasteiger partial charge on any atom is -0.404 e. The zero-order valence-electron chi connectivity index (χ0n) is 6.63. The van der Waals surface area contributed by atoms with Gasteiger partial charge in [0.05, 0.1) is 5.54 Å². The molecule has 0 fully saturated rings. The van der Waals surface area contributed by atoms with E-state index in [0.29, 0.717) is 4.91 Å². The first-order valence-corrected chi connectivity index (χ1v) is 3.56. The summed E-state index contributed by atoms with van der Waals surface area (Å²) in [4.78, 5) is 4.87. The summed E-state index contributed by atoms with van der Waals surface area (Å²) in [6.07, 6.45) is 3.07. The Hall–Kier alpha value is -0.440. The van der Waals surface area contributed by atoms with E-state index in [-0.39, 0.29) is 5.54 Å². The highest BCUT2D eigenvalue weighted by Crippen LogP contribution is 2.06. The molecule has 0 aromatic rings. The third-order valence-electron chi connectivity index (χ3n) is 0.755. The summed E-state index contributed by atoms with van der Waals surface area (Å²) in [5.41, 5.74) is 5.13. The zero-order chi connectivity index (χ0) is 8.20. The first kappa shape index (κ1) is 9.56. The molecule has 0 aliphatic heterocycles. The molecule has 0 spiro atoms. The fourth-order valence-electron chi connectivity index (χ4n) is 0.303. The number of hydrogen-bond acceptors (Lipinski definition) is 3. The van der Waals surface area contributed by atoms with Crippen LogP contribution in [0.1, 0.15) is 20.8 Å². The second-order valence-electron chi connectivity index (χ2n) is 3.02. The highest BCUT2D eigenvalue weighted by atomic mass is 32.1. The number of hydrogen-bond donors (Lipinski definition) is 2. The molecule has 0 bridgehead atoms. The number of rotatable bonds is 1. The van der Waals surface area contributed by atoms with Crippen LogP contribution in [0.5, 0.6) is 0 Å². The third kappa shape index (κ3) is 5.69. The molecule has 0 amide bonds. The SMILES string of the molecule is CC(C)(C)N=CC(S)=CN. The zero-order valence-corrected chi connectivity index (χ0v) is 7.52. The predicted octanol–water partition coefficient (Wildman–Crippen LogP) is 1.59. The normalized spacial score (nSPS) is 14.6. The van der Waals surface area contributed by atoms with Gasteiger partial charge in [-0.1, -0.05) is 0 Å². The van der Waals surface area contributed by atoms with Gasteiger partial charge in [0.2, 0.25) is 0 Å². The predicted molar refractivity (Wildman–Crippen MR) is 49.5 cm³/mol. The van der Waals surface area contributed by atoms with Crippen LogP contribution in [-0.4, -0.2) is 11.8 Å². The van der Waals surface area contributed by atoms with Gasteiger partial charge in [0.1, 0.15) is 0 Å². The van der Waals surface area contributed by atoms with Crippen molar-refractivity contribution in [3.05, 3.63) is 11.1 Å². The minimum atomic E-state index is -0.0447. The molecule has 2 nitrogen and oxygen atoms in total. The third-order valence-corrected chi connectivity index (χ3v) is 1.02. The number of allylic oxidation sites excluding steroid dienone is 1. The summed E-state index contributed by atoms with van der Waals surface area (Å²) in [5, 5.41) is 0. The summed E-state index contributed by atoms with van der Waals surface area (Å²) in [7, 11) is 0. The molecule has 0 aromatic carbocycles. The fourth-order valence-corrected chi connectivity index (χ4v) is 0.361. The van der Waals surface area contributed by atoms with Gasteiger partial charge in [0.25, 0.3) is 0 Å². The van der Waals surface area contributed by atoms with Gasteiger partial charge >= 0.3 is 0 Å². The number of nitrogens with zero attached hydrogens (tertiary/aromatic N) is 1. The maximum absolute atomic E-state index is 5.17. The highest BCUT2D eigenvalue weighted by molar-refractivity contribution is 7.85. The topological polar surface area (TPSA) is 38.4 Å². The molecule has 3 heteroatoms. The molecular weight excluding hydrogens is 144 g/mol. The van der Waals surface area contributed by atoms with Crippen LogP contribution in [0.25, 0.3) is 0 Å².